The molecule has 0 aliphatic carbocycles. The minimum absolute atomic E-state index is 0.166. The van der Waals surface area contributed by atoms with Gasteiger partial charge in [0.25, 0.3) is 0 Å². The van der Waals surface area contributed by atoms with Gasteiger partial charge in [-0.1, -0.05) is 6.92 Å². The number of rotatable bonds is 2. The SMILES string of the molecule is CC(=O)Cc1nc2n(c1Br)CC(C)CC2. The van der Waals surface area contributed by atoms with Gasteiger partial charge in [-0.2, -0.15) is 0 Å². The lowest BCUT2D eigenvalue weighted by Crippen LogP contribution is -2.18. The van der Waals surface area contributed by atoms with E-state index in [2.05, 4.69) is 32.4 Å². The summed E-state index contributed by atoms with van der Waals surface area (Å²) >= 11 is 3.54. The number of fused-ring (bicyclic) bond motifs is 1. The number of carbonyl (C=O) groups excluding carboxylic acids is 1. The van der Waals surface area contributed by atoms with Crippen molar-refractivity contribution in [2.24, 2.45) is 5.92 Å². The molecule has 82 valence electrons. The maximum Gasteiger partial charge on any atom is 0.135 e. The number of aryl methyl sites for hydroxylation is 1. The van der Waals surface area contributed by atoms with Gasteiger partial charge in [0.05, 0.1) is 12.1 Å². The number of Topliss-reactive ketones (excluding diaryl/α,β-unsaturated/α-hetero) is 1. The van der Waals surface area contributed by atoms with Crippen molar-refractivity contribution in [2.45, 2.75) is 39.7 Å². The van der Waals surface area contributed by atoms with Gasteiger partial charge in [0, 0.05) is 13.0 Å². The summed E-state index contributed by atoms with van der Waals surface area (Å²) in [5, 5.41) is 0. The maximum absolute atomic E-state index is 11.1. The Morgan fingerprint density at radius 2 is 2.40 bits per heavy atom. The van der Waals surface area contributed by atoms with Gasteiger partial charge in [-0.25, -0.2) is 4.98 Å². The number of ketones is 1. The molecule has 0 spiro atoms. The minimum atomic E-state index is 0.166. The topological polar surface area (TPSA) is 34.9 Å². The molecule has 1 aliphatic rings. The lowest BCUT2D eigenvalue weighted by atomic mass is 10.0. The van der Waals surface area contributed by atoms with Crippen LogP contribution in [0.3, 0.4) is 0 Å². The smallest absolute Gasteiger partial charge is 0.135 e. The summed E-state index contributed by atoms with van der Waals surface area (Å²) in [5.41, 5.74) is 0.895. The van der Waals surface area contributed by atoms with Gasteiger partial charge in [-0.3, -0.25) is 4.79 Å². The first-order valence-corrected chi connectivity index (χ1v) is 6.10. The van der Waals surface area contributed by atoms with E-state index in [0.717, 1.165) is 29.1 Å². The van der Waals surface area contributed by atoms with Gasteiger partial charge in [-0.05, 0) is 35.2 Å². The first-order valence-electron chi connectivity index (χ1n) is 5.31. The van der Waals surface area contributed by atoms with Crippen LogP contribution in [-0.2, 0) is 24.2 Å². The normalized spacial score (nSPS) is 20.1. The Bertz CT molecular complexity index is 398. The van der Waals surface area contributed by atoms with Crippen LogP contribution in [0, 0.1) is 5.92 Å². The number of nitrogens with zero attached hydrogens (tertiary/aromatic N) is 2. The first-order chi connectivity index (χ1) is 7.08. The Morgan fingerprint density at radius 3 is 3.07 bits per heavy atom. The summed E-state index contributed by atoms with van der Waals surface area (Å²) in [4.78, 5) is 15.6. The van der Waals surface area contributed by atoms with Gasteiger partial charge in [0.2, 0.25) is 0 Å². The third-order valence-corrected chi connectivity index (χ3v) is 3.71. The Morgan fingerprint density at radius 1 is 1.67 bits per heavy atom. The van der Waals surface area contributed by atoms with E-state index >= 15 is 0 Å². The van der Waals surface area contributed by atoms with E-state index in [4.69, 9.17) is 0 Å². The predicted octanol–water partition coefficient (Wildman–Crippen LogP) is 2.36. The molecular formula is C11H15BrN2O. The number of hydrogen-bond acceptors (Lipinski definition) is 2. The van der Waals surface area contributed by atoms with Gasteiger partial charge in [-0.15, -0.1) is 0 Å². The van der Waals surface area contributed by atoms with Crippen LogP contribution in [0.5, 0.6) is 0 Å². The van der Waals surface area contributed by atoms with Crippen molar-refractivity contribution >= 4 is 21.7 Å². The molecule has 1 aromatic heterocycles. The molecule has 1 unspecified atom stereocenters. The van der Waals surface area contributed by atoms with E-state index in [9.17, 15) is 4.79 Å². The fourth-order valence-corrected chi connectivity index (χ4v) is 2.61. The molecule has 0 radical (unpaired) electrons. The van der Waals surface area contributed by atoms with Gasteiger partial charge >= 0.3 is 0 Å². The van der Waals surface area contributed by atoms with E-state index in [1.54, 1.807) is 6.92 Å². The predicted molar refractivity (Wildman–Crippen MR) is 61.8 cm³/mol. The minimum Gasteiger partial charge on any atom is -0.322 e. The summed E-state index contributed by atoms with van der Waals surface area (Å²) in [5.74, 6) is 1.99. The van der Waals surface area contributed by atoms with E-state index in [-0.39, 0.29) is 5.78 Å². The highest BCUT2D eigenvalue weighted by atomic mass is 79.9. The largest absolute Gasteiger partial charge is 0.322 e. The van der Waals surface area contributed by atoms with E-state index in [0.29, 0.717) is 12.3 Å². The van der Waals surface area contributed by atoms with E-state index < -0.39 is 0 Å². The highest BCUT2D eigenvalue weighted by Crippen LogP contribution is 2.27. The number of halogens is 1. The summed E-state index contributed by atoms with van der Waals surface area (Å²) in [6, 6.07) is 0. The average molecular weight is 271 g/mol. The standard InChI is InChI=1S/C11H15BrN2O/c1-7-3-4-10-13-9(5-8(2)15)11(12)14(10)6-7/h7H,3-6H2,1-2H3. The van der Waals surface area contributed by atoms with Crippen molar-refractivity contribution in [3.8, 4) is 0 Å². The summed E-state index contributed by atoms with van der Waals surface area (Å²) in [6.45, 7) is 4.87. The zero-order valence-corrected chi connectivity index (χ0v) is 10.7. The zero-order valence-electron chi connectivity index (χ0n) is 9.09. The molecule has 0 amide bonds. The van der Waals surface area contributed by atoms with Crippen molar-refractivity contribution in [3.63, 3.8) is 0 Å². The third kappa shape index (κ3) is 2.14. The van der Waals surface area contributed by atoms with Crippen molar-refractivity contribution in [2.75, 3.05) is 0 Å². The van der Waals surface area contributed by atoms with Crippen LogP contribution < -0.4 is 0 Å². The van der Waals surface area contributed by atoms with Gasteiger partial charge < -0.3 is 4.57 Å². The number of aromatic nitrogens is 2. The number of carbonyl (C=O) groups is 1. The molecule has 0 saturated heterocycles. The second-order valence-electron chi connectivity index (χ2n) is 4.40. The molecule has 0 N–H and O–H groups in total. The molecule has 0 fully saturated rings. The second-order valence-corrected chi connectivity index (χ2v) is 5.15. The van der Waals surface area contributed by atoms with Crippen molar-refractivity contribution in [1.82, 2.24) is 9.55 Å². The Balaban J connectivity index is 2.32. The molecule has 4 heteroatoms. The van der Waals surface area contributed by atoms with Crippen LogP contribution in [0.2, 0.25) is 0 Å². The third-order valence-electron chi connectivity index (χ3n) is 2.82. The fraction of sp³-hybridized carbons (Fsp3) is 0.636. The van der Waals surface area contributed by atoms with Gasteiger partial charge in [0.15, 0.2) is 0 Å². The van der Waals surface area contributed by atoms with Crippen molar-refractivity contribution in [1.29, 1.82) is 0 Å². The van der Waals surface area contributed by atoms with Crippen LogP contribution >= 0.6 is 15.9 Å². The van der Waals surface area contributed by atoms with E-state index in [1.807, 2.05) is 0 Å². The van der Waals surface area contributed by atoms with Crippen LogP contribution in [0.25, 0.3) is 0 Å². The Hall–Kier alpha value is -0.640. The number of imidazole rings is 1. The van der Waals surface area contributed by atoms with Gasteiger partial charge in [0.1, 0.15) is 16.2 Å². The molecule has 1 atom stereocenters. The summed E-state index contributed by atoms with van der Waals surface area (Å²) < 4.78 is 3.20. The van der Waals surface area contributed by atoms with Crippen LogP contribution in [0.1, 0.15) is 31.8 Å². The number of hydrogen-bond donors (Lipinski definition) is 0. The monoisotopic (exact) mass is 270 g/mol. The average Bonchev–Trinajstić information content (AvgIpc) is 2.44. The molecule has 2 heterocycles. The highest BCUT2D eigenvalue weighted by molar-refractivity contribution is 9.10. The zero-order chi connectivity index (χ0) is 11.0. The van der Waals surface area contributed by atoms with Crippen molar-refractivity contribution in [3.05, 3.63) is 16.1 Å². The van der Waals surface area contributed by atoms with E-state index in [1.165, 1.54) is 6.42 Å². The lowest BCUT2D eigenvalue weighted by Gasteiger charge is -2.20. The summed E-state index contributed by atoms with van der Waals surface area (Å²) in [6.07, 6.45) is 2.66. The molecule has 1 aliphatic heterocycles. The molecule has 1 aromatic rings. The molecule has 0 saturated carbocycles. The summed E-state index contributed by atoms with van der Waals surface area (Å²) in [7, 11) is 0. The molecule has 2 rings (SSSR count). The van der Waals surface area contributed by atoms with Crippen LogP contribution in [0.15, 0.2) is 4.60 Å². The first kappa shape index (κ1) is 10.9. The van der Waals surface area contributed by atoms with Crippen LogP contribution in [0.4, 0.5) is 0 Å². The molecule has 3 nitrogen and oxygen atoms in total. The van der Waals surface area contributed by atoms with Crippen molar-refractivity contribution < 1.29 is 4.79 Å². The molecule has 0 aromatic carbocycles. The molecule has 15 heavy (non-hydrogen) atoms. The highest BCUT2D eigenvalue weighted by Gasteiger charge is 2.21. The molecular weight excluding hydrogens is 256 g/mol. The molecule has 0 bridgehead atoms. The maximum atomic E-state index is 11.1. The Kier molecular flexibility index (Phi) is 2.96. The fourth-order valence-electron chi connectivity index (χ4n) is 2.03. The quantitative estimate of drug-likeness (QED) is 0.827. The lowest BCUT2D eigenvalue weighted by molar-refractivity contribution is -0.116. The Labute approximate surface area is 98.0 Å². The van der Waals surface area contributed by atoms with Crippen LogP contribution in [-0.4, -0.2) is 15.3 Å². The second kappa shape index (κ2) is 4.08.